The zero-order valence-corrected chi connectivity index (χ0v) is 31.8. The summed E-state index contributed by atoms with van der Waals surface area (Å²) >= 11 is 0. The fourth-order valence-corrected chi connectivity index (χ4v) is 9.44. The third-order valence-electron chi connectivity index (χ3n) is 12.3. The largest absolute Gasteiger partial charge is 0.310 e. The number of hydrogen-bond acceptors (Lipinski definition) is 1. The molecule has 2 aliphatic rings. The summed E-state index contributed by atoms with van der Waals surface area (Å²) in [7, 11) is 0. The van der Waals surface area contributed by atoms with Crippen molar-refractivity contribution in [2.45, 2.75) is 38.5 Å². The topological polar surface area (TPSA) is 3.24 Å². The minimum atomic E-state index is -0.121. The molecule has 0 bridgehead atoms. The Bertz CT molecular complexity index is 2740. The lowest BCUT2D eigenvalue weighted by atomic mass is 9.81. The highest BCUT2D eigenvalue weighted by Crippen LogP contribution is 2.53. The second-order valence-corrected chi connectivity index (χ2v) is 16.1. The van der Waals surface area contributed by atoms with Gasteiger partial charge in [-0.1, -0.05) is 179 Å². The molecule has 8 aromatic rings. The molecule has 0 aliphatic heterocycles. The van der Waals surface area contributed by atoms with Crippen LogP contribution in [0.4, 0.5) is 17.1 Å². The fourth-order valence-electron chi connectivity index (χ4n) is 9.44. The van der Waals surface area contributed by atoms with E-state index in [2.05, 4.69) is 221 Å². The van der Waals surface area contributed by atoms with Crippen molar-refractivity contribution in [2.75, 3.05) is 4.90 Å². The molecule has 0 amide bonds. The number of hydrogen-bond donors (Lipinski definition) is 0. The monoisotopic (exact) mass is 705 g/mol. The van der Waals surface area contributed by atoms with E-state index in [0.29, 0.717) is 0 Å². The van der Waals surface area contributed by atoms with E-state index in [1.807, 2.05) is 0 Å². The Morgan fingerprint density at radius 2 is 0.764 bits per heavy atom. The van der Waals surface area contributed by atoms with E-state index in [4.69, 9.17) is 0 Å². The molecule has 0 aromatic heterocycles. The molecule has 264 valence electrons. The Hall–Kier alpha value is -6.44. The van der Waals surface area contributed by atoms with Crippen molar-refractivity contribution in [1.29, 1.82) is 0 Å². The average Bonchev–Trinajstić information content (AvgIpc) is 3.61. The number of rotatable bonds is 6. The van der Waals surface area contributed by atoms with Crippen LogP contribution in [0.25, 0.3) is 55.6 Å². The van der Waals surface area contributed by atoms with Crippen LogP contribution in [-0.4, -0.2) is 0 Å². The van der Waals surface area contributed by atoms with Crippen LogP contribution in [-0.2, 0) is 10.8 Å². The smallest absolute Gasteiger partial charge is 0.0546 e. The Morgan fingerprint density at radius 3 is 1.40 bits per heavy atom. The van der Waals surface area contributed by atoms with Gasteiger partial charge >= 0.3 is 0 Å². The van der Waals surface area contributed by atoms with Crippen molar-refractivity contribution in [3.05, 3.63) is 210 Å². The van der Waals surface area contributed by atoms with Gasteiger partial charge in [0.05, 0.1) is 5.69 Å². The van der Waals surface area contributed by atoms with Crippen LogP contribution >= 0.6 is 0 Å². The average molecular weight is 706 g/mol. The van der Waals surface area contributed by atoms with Gasteiger partial charge in [0, 0.05) is 27.8 Å². The minimum absolute atomic E-state index is 0.0895. The van der Waals surface area contributed by atoms with Gasteiger partial charge in [-0.25, -0.2) is 0 Å². The molecule has 0 fully saturated rings. The molecule has 8 aromatic carbocycles. The van der Waals surface area contributed by atoms with Gasteiger partial charge in [-0.05, 0) is 109 Å². The summed E-state index contributed by atoms with van der Waals surface area (Å²) in [5, 5.41) is 0. The molecule has 0 saturated heterocycles. The lowest BCUT2D eigenvalue weighted by molar-refractivity contribution is 0.660. The molecule has 0 unspecified atom stereocenters. The quantitative estimate of drug-likeness (QED) is 0.166. The van der Waals surface area contributed by atoms with E-state index in [1.165, 1.54) is 77.9 Å². The highest BCUT2D eigenvalue weighted by molar-refractivity contribution is 5.98. The highest BCUT2D eigenvalue weighted by atomic mass is 15.1. The number of anilines is 3. The zero-order valence-electron chi connectivity index (χ0n) is 31.8. The summed E-state index contributed by atoms with van der Waals surface area (Å²) in [5.74, 6) is 0. The first-order valence-electron chi connectivity index (χ1n) is 19.4. The highest BCUT2D eigenvalue weighted by Gasteiger charge is 2.37. The minimum Gasteiger partial charge on any atom is -0.310 e. The normalized spacial score (nSPS) is 14.1. The van der Waals surface area contributed by atoms with Crippen LogP contribution in [0.2, 0.25) is 0 Å². The molecule has 1 nitrogen and oxygen atoms in total. The maximum atomic E-state index is 2.48. The maximum Gasteiger partial charge on any atom is 0.0546 e. The first-order valence-corrected chi connectivity index (χ1v) is 19.4. The first kappa shape index (κ1) is 33.2. The Kier molecular flexibility index (Phi) is 7.58. The molecule has 0 atom stereocenters. The molecule has 55 heavy (non-hydrogen) atoms. The van der Waals surface area contributed by atoms with Crippen molar-refractivity contribution >= 4 is 17.1 Å². The predicted molar refractivity (Wildman–Crippen MR) is 233 cm³/mol. The molecule has 1 heteroatoms. The molecular weight excluding hydrogens is 663 g/mol. The summed E-state index contributed by atoms with van der Waals surface area (Å²) < 4.78 is 0. The van der Waals surface area contributed by atoms with Crippen molar-refractivity contribution < 1.29 is 0 Å². The predicted octanol–water partition coefficient (Wildman–Crippen LogP) is 14.8. The number of benzene rings is 8. The third kappa shape index (κ3) is 5.22. The van der Waals surface area contributed by atoms with Gasteiger partial charge < -0.3 is 4.90 Å². The Morgan fingerprint density at radius 1 is 0.309 bits per heavy atom. The van der Waals surface area contributed by atoms with Crippen LogP contribution in [0.3, 0.4) is 0 Å². The van der Waals surface area contributed by atoms with E-state index in [0.717, 1.165) is 17.1 Å². The van der Waals surface area contributed by atoms with Crippen LogP contribution < -0.4 is 4.90 Å². The van der Waals surface area contributed by atoms with E-state index >= 15 is 0 Å². The molecular formula is C54H43N. The van der Waals surface area contributed by atoms with Crippen LogP contribution in [0, 0.1) is 0 Å². The fraction of sp³-hybridized carbons (Fsp3) is 0.111. The summed E-state index contributed by atoms with van der Waals surface area (Å²) in [6.45, 7) is 9.46. The van der Waals surface area contributed by atoms with E-state index in [-0.39, 0.29) is 10.8 Å². The lowest BCUT2D eigenvalue weighted by Gasteiger charge is -2.31. The Balaban J connectivity index is 1.20. The molecule has 0 heterocycles. The molecule has 0 radical (unpaired) electrons. The zero-order chi connectivity index (χ0) is 37.3. The van der Waals surface area contributed by atoms with E-state index < -0.39 is 0 Å². The van der Waals surface area contributed by atoms with Crippen molar-refractivity contribution in [3.8, 4) is 55.6 Å². The Labute approximate surface area is 325 Å². The summed E-state index contributed by atoms with van der Waals surface area (Å²) in [6, 6.07) is 69.6. The van der Waals surface area contributed by atoms with Crippen molar-refractivity contribution in [1.82, 2.24) is 0 Å². The lowest BCUT2D eigenvalue weighted by Crippen LogP contribution is -2.17. The number of fused-ring (bicyclic) bond motifs is 6. The first-order chi connectivity index (χ1) is 26.8. The standard InChI is InChI=1S/C54H43N/c1-53(2)47-23-13-11-20-43(47)45-32-28-39(34-49(45)53)42-22-15-25-51(52(42)38-18-9-6-10-19-38)55(40-29-26-37(27-30-40)36-16-7-5-8-17-36)41-31-33-46-44-21-12-14-24-48(44)54(3,4)50(46)35-41/h5-35H,1-4H3. The van der Waals surface area contributed by atoms with Gasteiger partial charge in [-0.3, -0.25) is 0 Å². The molecule has 10 rings (SSSR count). The molecule has 2 aliphatic carbocycles. The molecule has 0 saturated carbocycles. The number of nitrogens with zero attached hydrogens (tertiary/aromatic N) is 1. The SMILES string of the molecule is CC1(C)c2ccccc2-c2ccc(-c3cccc(N(c4ccc(-c5ccccc5)cc4)c4ccc5c(c4)C(C)(C)c4ccccc4-5)c3-c3ccccc3)cc21. The van der Waals surface area contributed by atoms with Crippen LogP contribution in [0.15, 0.2) is 188 Å². The van der Waals surface area contributed by atoms with Gasteiger partial charge in [-0.2, -0.15) is 0 Å². The van der Waals surface area contributed by atoms with Gasteiger partial charge in [0.2, 0.25) is 0 Å². The second kappa shape index (κ2) is 12.6. The van der Waals surface area contributed by atoms with E-state index in [9.17, 15) is 0 Å². The van der Waals surface area contributed by atoms with Crippen molar-refractivity contribution in [2.24, 2.45) is 0 Å². The molecule has 0 N–H and O–H groups in total. The summed E-state index contributed by atoms with van der Waals surface area (Å²) in [6.07, 6.45) is 0. The third-order valence-corrected chi connectivity index (χ3v) is 12.3. The van der Waals surface area contributed by atoms with Gasteiger partial charge in [0.25, 0.3) is 0 Å². The summed E-state index contributed by atoms with van der Waals surface area (Å²) in [4.78, 5) is 2.48. The van der Waals surface area contributed by atoms with Crippen LogP contribution in [0.1, 0.15) is 49.9 Å². The van der Waals surface area contributed by atoms with Gasteiger partial charge in [-0.15, -0.1) is 0 Å². The molecule has 0 spiro atoms. The second-order valence-electron chi connectivity index (χ2n) is 16.1. The van der Waals surface area contributed by atoms with Crippen molar-refractivity contribution in [3.63, 3.8) is 0 Å². The van der Waals surface area contributed by atoms with Crippen LogP contribution in [0.5, 0.6) is 0 Å². The van der Waals surface area contributed by atoms with Gasteiger partial charge in [0.1, 0.15) is 0 Å². The maximum absolute atomic E-state index is 2.48. The summed E-state index contributed by atoms with van der Waals surface area (Å²) in [5.41, 5.74) is 21.3. The van der Waals surface area contributed by atoms with E-state index in [1.54, 1.807) is 0 Å². The van der Waals surface area contributed by atoms with Gasteiger partial charge in [0.15, 0.2) is 0 Å².